The lowest BCUT2D eigenvalue weighted by Crippen LogP contribution is -2.25. The minimum atomic E-state index is 0.706. The molecule has 0 N–H and O–H groups in total. The summed E-state index contributed by atoms with van der Waals surface area (Å²) in [6.45, 7) is 63.0. The molecule has 6 atom stereocenters. The Morgan fingerprint density at radius 3 is 0.992 bits per heavy atom. The molecule has 0 saturated heterocycles. The molecule has 0 aromatic heterocycles. The lowest BCUT2D eigenvalue weighted by atomic mass is 9.68. The Hall–Kier alpha value is -4.68. The average molecular weight is 1760 g/mol. The van der Waals surface area contributed by atoms with Crippen LogP contribution in [0.5, 0.6) is 0 Å². The van der Waals surface area contributed by atoms with Crippen LogP contribution in [0.2, 0.25) is 0 Å². The van der Waals surface area contributed by atoms with Crippen molar-refractivity contribution in [1.82, 2.24) is 0 Å². The first-order valence-electron chi connectivity index (χ1n) is 57.0. The molecule has 728 valence electrons. The largest absolute Gasteiger partial charge is 0.0683 e. The van der Waals surface area contributed by atoms with E-state index in [0.717, 1.165) is 94.7 Å². The zero-order chi connectivity index (χ0) is 94.7. The maximum absolute atomic E-state index is 2.47. The zero-order valence-electron chi connectivity index (χ0n) is 90.8. The van der Waals surface area contributed by atoms with Crippen molar-refractivity contribution < 1.29 is 0 Å². The van der Waals surface area contributed by atoms with Gasteiger partial charge in [-0.15, -0.1) is 0 Å². The topological polar surface area (TPSA) is 0 Å². The Morgan fingerprint density at radius 2 is 0.625 bits per heavy atom. The number of aryl methyl sites for hydroxylation is 6. The van der Waals surface area contributed by atoms with Gasteiger partial charge in [0.05, 0.1) is 0 Å². The molecular formula is C128H216. The van der Waals surface area contributed by atoms with E-state index in [9.17, 15) is 0 Å². The van der Waals surface area contributed by atoms with Crippen molar-refractivity contribution in [3.05, 3.63) is 178 Å². The third-order valence-electron chi connectivity index (χ3n) is 32.7. The maximum Gasteiger partial charge on any atom is -0.0149 e. The lowest BCUT2D eigenvalue weighted by Gasteiger charge is -2.37. The number of hydrogen-bond donors (Lipinski definition) is 0. The van der Waals surface area contributed by atoms with Crippen molar-refractivity contribution in [2.75, 3.05) is 0 Å². The SMILES string of the molecule is CC.CC.CC.CC.CC.CC.CCC(CC)Cc1ccc2c(c1)CCc1cc(C)ccc1-2.CCC(CC)c1ccc(-c2ccc(C)cc2)cc1.CCC1CCC(C2CCC(CC)CC2)CC1.CCC1CCC(CC)CC1.CCC1CCC(CC2CCC(CC)CC2)CC1.CCCC1CC2C3CC(CCC)C(C3)C2C1.Cc1ccc(-c2ccc(CCC(C)C)cc2)cc1. The highest BCUT2D eigenvalue weighted by molar-refractivity contribution is 5.74. The summed E-state index contributed by atoms with van der Waals surface area (Å²) in [6.07, 6.45) is 64.3. The van der Waals surface area contributed by atoms with Gasteiger partial charge in [-0.2, -0.15) is 0 Å². The van der Waals surface area contributed by atoms with E-state index < -0.39 is 0 Å². The molecule has 15 rings (SSSR count). The first-order valence-corrected chi connectivity index (χ1v) is 57.0. The first-order chi connectivity index (χ1) is 62.4. The monoisotopic (exact) mass is 1750 g/mol. The van der Waals surface area contributed by atoms with Gasteiger partial charge in [0.1, 0.15) is 0 Å². The van der Waals surface area contributed by atoms with E-state index in [1.54, 1.807) is 89.0 Å². The van der Waals surface area contributed by atoms with Crippen molar-refractivity contribution in [3.63, 3.8) is 0 Å². The standard InChI is InChI=1S/C21H26.2C18H22.C17H32.C16H28.C16H30.C10H20.6C2H6/c1-4-16(5-2)13-17-7-11-21-19(14-17)9-8-18-12-15(3)6-10-20(18)21;1-14(2)4-7-16-8-12-18(13-9-16)17-10-5-15(3)6-11-17;1-4-15(5-2)16-10-12-18(13-11-16)17-8-6-14(3)7-9-17;1-3-14-5-9-16(10-6-14)13-17-11-7-15(4-2)8-12-17;1-3-5-11-7-14-13-9-12(6-4-2)15(10-13)16(14)8-11;1-3-13-5-9-15(10-6-13)16-11-7-14(4-2)8-12-16;1-3-9-5-7-10(4-2)8-6-9;6*1-2/h6-7,10-12,14,16H,4-5,8-9,13H2,1-3H3;5-6,8-14H,4,7H2,1-3H3;6-13,15H,4-5H2,1-3H3;14-17H,3-13H2,1-2H3;11-16H,3-10H2,1-2H3;13-16H,3-12H2,1-2H3;9-10H,3-8H2,1-2H3;6*1-2H3. The summed E-state index contributed by atoms with van der Waals surface area (Å²) < 4.78 is 0. The second-order valence-electron chi connectivity index (χ2n) is 40.8. The van der Waals surface area contributed by atoms with Crippen LogP contribution in [0.1, 0.15) is 487 Å². The summed E-state index contributed by atoms with van der Waals surface area (Å²) in [6, 6.07) is 49.6. The van der Waals surface area contributed by atoms with Crippen molar-refractivity contribution in [3.8, 4) is 33.4 Å². The molecule has 2 bridgehead atoms. The fourth-order valence-electron chi connectivity index (χ4n) is 24.2. The van der Waals surface area contributed by atoms with Crippen LogP contribution >= 0.6 is 0 Å². The van der Waals surface area contributed by atoms with Crippen LogP contribution in [-0.2, 0) is 25.7 Å². The molecule has 0 spiro atoms. The van der Waals surface area contributed by atoms with Crippen molar-refractivity contribution >= 4 is 0 Å². The summed E-state index contributed by atoms with van der Waals surface area (Å²) in [5, 5.41) is 0. The van der Waals surface area contributed by atoms with Crippen molar-refractivity contribution in [1.29, 1.82) is 0 Å². The van der Waals surface area contributed by atoms with Crippen LogP contribution in [-0.4, -0.2) is 0 Å². The average Bonchev–Trinajstić information content (AvgIpc) is 1.58. The molecule has 0 aliphatic heterocycles. The second kappa shape index (κ2) is 70.0. The predicted octanol–water partition coefficient (Wildman–Crippen LogP) is 42.4. The molecule has 6 aromatic carbocycles. The van der Waals surface area contributed by atoms with Gasteiger partial charge in [0.25, 0.3) is 0 Å². The van der Waals surface area contributed by atoms with Gasteiger partial charge in [-0.05, 0) is 297 Å². The van der Waals surface area contributed by atoms with Crippen LogP contribution < -0.4 is 0 Å². The van der Waals surface area contributed by atoms with Gasteiger partial charge in [0, 0.05) is 0 Å². The van der Waals surface area contributed by atoms with E-state index in [1.807, 2.05) is 83.1 Å². The molecule has 0 heterocycles. The van der Waals surface area contributed by atoms with Crippen LogP contribution in [0.15, 0.2) is 133 Å². The minimum absolute atomic E-state index is 0.706. The van der Waals surface area contributed by atoms with Gasteiger partial charge in [0.2, 0.25) is 0 Å². The molecule has 9 aliphatic rings. The molecule has 0 radical (unpaired) electrons. The lowest BCUT2D eigenvalue weighted by molar-refractivity contribution is 0.144. The highest BCUT2D eigenvalue weighted by Gasteiger charge is 2.55. The molecule has 6 unspecified atom stereocenters. The predicted molar refractivity (Wildman–Crippen MR) is 582 cm³/mol. The van der Waals surface area contributed by atoms with E-state index in [1.165, 1.54) is 283 Å². The minimum Gasteiger partial charge on any atom is -0.0683 e. The molecule has 9 aliphatic carbocycles. The fourth-order valence-corrected chi connectivity index (χ4v) is 24.2. The first kappa shape index (κ1) is 117. The highest BCUT2D eigenvalue weighted by Crippen LogP contribution is 2.63. The van der Waals surface area contributed by atoms with Gasteiger partial charge in [-0.1, -0.05) is 510 Å². The van der Waals surface area contributed by atoms with E-state index in [4.69, 9.17) is 0 Å². The third kappa shape index (κ3) is 40.9. The Morgan fingerprint density at radius 1 is 0.289 bits per heavy atom. The summed E-state index contributed by atoms with van der Waals surface area (Å²) in [4.78, 5) is 0. The van der Waals surface area contributed by atoms with Gasteiger partial charge >= 0.3 is 0 Å². The summed E-state index contributed by atoms with van der Waals surface area (Å²) >= 11 is 0. The molecule has 6 aromatic rings. The molecule has 0 heteroatoms. The number of rotatable bonds is 25. The fraction of sp³-hybridized carbons (Fsp3) is 0.719. The van der Waals surface area contributed by atoms with Crippen molar-refractivity contribution in [2.45, 2.75) is 489 Å². The molecule has 0 amide bonds. The Bertz CT molecular complexity index is 3470. The smallest absolute Gasteiger partial charge is 0.0149 e. The number of fused-ring (bicyclic) bond motifs is 8. The van der Waals surface area contributed by atoms with Crippen LogP contribution in [0.25, 0.3) is 33.4 Å². The van der Waals surface area contributed by atoms with E-state index in [-0.39, 0.29) is 0 Å². The van der Waals surface area contributed by atoms with Gasteiger partial charge in [-0.25, -0.2) is 0 Å². The summed E-state index contributed by atoms with van der Waals surface area (Å²) in [7, 11) is 0. The number of hydrogen-bond acceptors (Lipinski definition) is 0. The van der Waals surface area contributed by atoms with Crippen LogP contribution in [0.3, 0.4) is 0 Å². The van der Waals surface area contributed by atoms with E-state index in [0.29, 0.717) is 5.92 Å². The zero-order valence-corrected chi connectivity index (χ0v) is 90.8. The van der Waals surface area contributed by atoms with Crippen LogP contribution in [0, 0.1) is 127 Å². The molecule has 0 nitrogen and oxygen atoms in total. The summed E-state index contributed by atoms with van der Waals surface area (Å²) in [5.74, 6) is 20.1. The third-order valence-corrected chi connectivity index (χ3v) is 32.7. The number of benzene rings is 6. The molecule has 8 fully saturated rings. The van der Waals surface area contributed by atoms with Gasteiger partial charge in [0.15, 0.2) is 0 Å². The van der Waals surface area contributed by atoms with E-state index >= 15 is 0 Å². The highest BCUT2D eigenvalue weighted by atomic mass is 14.6. The normalized spacial score (nSPS) is 24.7. The molecular weight excluding hydrogens is 1540 g/mol. The Balaban J connectivity index is 0.000000379. The summed E-state index contributed by atoms with van der Waals surface area (Å²) in [5.41, 5.74) is 19.7. The Kier molecular flexibility index (Phi) is 64.3. The second-order valence-corrected chi connectivity index (χ2v) is 40.8. The quantitative estimate of drug-likeness (QED) is 0.0536. The molecule has 8 saturated carbocycles. The van der Waals surface area contributed by atoms with Crippen LogP contribution in [0.4, 0.5) is 0 Å². The maximum atomic E-state index is 2.47. The van der Waals surface area contributed by atoms with Gasteiger partial charge < -0.3 is 0 Å². The van der Waals surface area contributed by atoms with Crippen molar-refractivity contribution in [2.24, 2.45) is 107 Å². The van der Waals surface area contributed by atoms with E-state index in [2.05, 4.69) is 251 Å². The van der Waals surface area contributed by atoms with Gasteiger partial charge in [-0.3, -0.25) is 0 Å². The Labute approximate surface area is 801 Å². The molecule has 128 heavy (non-hydrogen) atoms.